The van der Waals surface area contributed by atoms with E-state index in [4.69, 9.17) is 15.9 Å². The number of nitrogens with zero attached hydrogens (tertiary/aromatic N) is 1. The third-order valence-electron chi connectivity index (χ3n) is 4.10. The largest absolute Gasteiger partial charge is 0.481 e. The van der Waals surface area contributed by atoms with Crippen LogP contribution in [0.25, 0.3) is 0 Å². The first-order valence-corrected chi connectivity index (χ1v) is 8.30. The Kier molecular flexibility index (Phi) is 8.12. The average Bonchev–Trinajstić information content (AvgIpc) is 3.07. The van der Waals surface area contributed by atoms with Crippen LogP contribution in [0.15, 0.2) is 0 Å². The number of amides is 3. The van der Waals surface area contributed by atoms with Crippen LogP contribution in [0, 0.1) is 0 Å². The number of aliphatic carboxylic acids is 2. The molecule has 4 unspecified atom stereocenters. The maximum absolute atomic E-state index is 12.6. The van der Waals surface area contributed by atoms with Gasteiger partial charge in [0.1, 0.15) is 18.1 Å². The first-order valence-electron chi connectivity index (χ1n) is 8.30. The molecule has 27 heavy (non-hydrogen) atoms. The van der Waals surface area contributed by atoms with Crippen LogP contribution in [0.4, 0.5) is 0 Å². The van der Waals surface area contributed by atoms with Gasteiger partial charge in [0.2, 0.25) is 17.7 Å². The third-order valence-corrected chi connectivity index (χ3v) is 4.10. The smallest absolute Gasteiger partial charge is 0.325 e. The van der Waals surface area contributed by atoms with E-state index in [9.17, 15) is 29.1 Å². The lowest BCUT2D eigenvalue weighted by Crippen LogP contribution is -2.57. The zero-order valence-corrected chi connectivity index (χ0v) is 14.8. The van der Waals surface area contributed by atoms with Crippen LogP contribution in [0.2, 0.25) is 0 Å². The average molecular weight is 388 g/mol. The number of rotatable bonds is 9. The molecule has 3 amide bonds. The van der Waals surface area contributed by atoms with Crippen LogP contribution in [0.5, 0.6) is 0 Å². The molecule has 1 fully saturated rings. The second-order valence-electron chi connectivity index (χ2n) is 6.21. The van der Waals surface area contributed by atoms with Gasteiger partial charge in [0.25, 0.3) is 0 Å². The number of likely N-dealkylation sites (tertiary alicyclic amines) is 1. The van der Waals surface area contributed by atoms with Crippen LogP contribution in [-0.4, -0.2) is 87.2 Å². The molecule has 1 saturated heterocycles. The molecule has 152 valence electrons. The topological polar surface area (TPSA) is 199 Å². The van der Waals surface area contributed by atoms with Crippen molar-refractivity contribution in [3.63, 3.8) is 0 Å². The molecule has 1 heterocycles. The van der Waals surface area contributed by atoms with Crippen molar-refractivity contribution < 1.29 is 39.3 Å². The molecule has 12 nitrogen and oxygen atoms in total. The summed E-state index contributed by atoms with van der Waals surface area (Å²) < 4.78 is 0. The van der Waals surface area contributed by atoms with Gasteiger partial charge in [-0.2, -0.15) is 0 Å². The zero-order valence-electron chi connectivity index (χ0n) is 14.8. The number of carboxylic acid groups (broad SMARTS) is 2. The molecule has 0 aliphatic carbocycles. The summed E-state index contributed by atoms with van der Waals surface area (Å²) in [5, 5.41) is 31.4. The van der Waals surface area contributed by atoms with Crippen molar-refractivity contribution in [2.24, 2.45) is 5.73 Å². The molecule has 0 radical (unpaired) electrons. The minimum absolute atomic E-state index is 0.186. The minimum Gasteiger partial charge on any atom is -0.481 e. The molecule has 1 aliphatic heterocycles. The van der Waals surface area contributed by atoms with Gasteiger partial charge in [-0.05, 0) is 19.8 Å². The van der Waals surface area contributed by atoms with E-state index in [1.807, 2.05) is 0 Å². The number of hydrogen-bond donors (Lipinski definition) is 6. The van der Waals surface area contributed by atoms with E-state index >= 15 is 0 Å². The number of nitrogens with two attached hydrogens (primary N) is 1. The van der Waals surface area contributed by atoms with E-state index in [0.29, 0.717) is 12.8 Å². The lowest BCUT2D eigenvalue weighted by Gasteiger charge is -2.28. The van der Waals surface area contributed by atoms with Gasteiger partial charge < -0.3 is 36.6 Å². The van der Waals surface area contributed by atoms with Crippen molar-refractivity contribution >= 4 is 29.7 Å². The highest BCUT2D eigenvalue weighted by atomic mass is 16.4. The van der Waals surface area contributed by atoms with Gasteiger partial charge in [0.05, 0.1) is 19.1 Å². The Bertz CT molecular complexity index is 611. The van der Waals surface area contributed by atoms with E-state index in [-0.39, 0.29) is 6.54 Å². The van der Waals surface area contributed by atoms with Gasteiger partial charge in [-0.15, -0.1) is 0 Å². The minimum atomic E-state index is -1.40. The normalized spacial score (nSPS) is 19.7. The monoisotopic (exact) mass is 388 g/mol. The second-order valence-corrected chi connectivity index (χ2v) is 6.21. The Morgan fingerprint density at radius 3 is 2.33 bits per heavy atom. The van der Waals surface area contributed by atoms with Crippen LogP contribution in [-0.2, 0) is 24.0 Å². The molecule has 0 saturated carbocycles. The summed E-state index contributed by atoms with van der Waals surface area (Å²) >= 11 is 0. The molecule has 0 bridgehead atoms. The van der Waals surface area contributed by atoms with Gasteiger partial charge in [-0.25, -0.2) is 0 Å². The quantitative estimate of drug-likeness (QED) is 0.236. The highest BCUT2D eigenvalue weighted by Gasteiger charge is 2.38. The molecule has 12 heteroatoms. The number of aliphatic hydroxyl groups excluding tert-OH is 1. The Morgan fingerprint density at radius 1 is 1.19 bits per heavy atom. The number of carbonyl (C=O) groups is 5. The molecule has 1 rings (SSSR count). The van der Waals surface area contributed by atoms with Gasteiger partial charge in [0, 0.05) is 6.54 Å². The Morgan fingerprint density at radius 2 is 1.81 bits per heavy atom. The fourth-order valence-electron chi connectivity index (χ4n) is 2.62. The molecular weight excluding hydrogens is 364 g/mol. The van der Waals surface area contributed by atoms with E-state index < -0.39 is 66.9 Å². The predicted molar refractivity (Wildman–Crippen MR) is 89.2 cm³/mol. The molecule has 7 N–H and O–H groups in total. The fourth-order valence-corrected chi connectivity index (χ4v) is 2.62. The van der Waals surface area contributed by atoms with Crippen molar-refractivity contribution in [3.8, 4) is 0 Å². The molecule has 0 aromatic rings. The number of carboxylic acids is 2. The van der Waals surface area contributed by atoms with Crippen molar-refractivity contribution in [1.82, 2.24) is 15.5 Å². The van der Waals surface area contributed by atoms with E-state index in [2.05, 4.69) is 10.6 Å². The van der Waals surface area contributed by atoms with E-state index in [1.54, 1.807) is 0 Å². The molecule has 0 aromatic heterocycles. The van der Waals surface area contributed by atoms with Crippen LogP contribution in [0.3, 0.4) is 0 Å². The van der Waals surface area contributed by atoms with Gasteiger partial charge >= 0.3 is 11.9 Å². The molecule has 1 aliphatic rings. The molecule has 0 aromatic carbocycles. The summed E-state index contributed by atoms with van der Waals surface area (Å²) in [6.45, 7) is 0.689. The standard InChI is InChI=1S/C15H24N4O8/c1-7(15(26)27)17-13(24)10-3-2-4-19(10)14(25)9(6-20)18-12(23)8(16)5-11(21)22/h7-10,20H,2-6,16H2,1H3,(H,17,24)(H,18,23)(H,21,22)(H,26,27). The zero-order chi connectivity index (χ0) is 20.7. The van der Waals surface area contributed by atoms with Gasteiger partial charge in [-0.1, -0.05) is 0 Å². The Hall–Kier alpha value is -2.73. The summed E-state index contributed by atoms with van der Waals surface area (Å²) in [4.78, 5) is 59.3. The number of nitrogens with one attached hydrogen (secondary N) is 2. The van der Waals surface area contributed by atoms with Crippen molar-refractivity contribution in [1.29, 1.82) is 0 Å². The second kappa shape index (κ2) is 9.83. The number of aliphatic hydroxyl groups is 1. The van der Waals surface area contributed by atoms with Crippen LogP contribution >= 0.6 is 0 Å². The summed E-state index contributed by atoms with van der Waals surface area (Å²) in [7, 11) is 0. The van der Waals surface area contributed by atoms with Gasteiger partial charge in [0.15, 0.2) is 0 Å². The maximum Gasteiger partial charge on any atom is 0.325 e. The van der Waals surface area contributed by atoms with Crippen molar-refractivity contribution in [3.05, 3.63) is 0 Å². The summed E-state index contributed by atoms with van der Waals surface area (Å²) in [5.74, 6) is -4.85. The third kappa shape index (κ3) is 6.18. The van der Waals surface area contributed by atoms with Crippen LogP contribution < -0.4 is 16.4 Å². The lowest BCUT2D eigenvalue weighted by molar-refractivity contribution is -0.145. The molecule has 0 spiro atoms. The highest BCUT2D eigenvalue weighted by molar-refractivity contribution is 5.95. The predicted octanol–water partition coefficient (Wildman–Crippen LogP) is -3.15. The summed E-state index contributed by atoms with van der Waals surface area (Å²) in [5.41, 5.74) is 5.41. The van der Waals surface area contributed by atoms with E-state index in [0.717, 1.165) is 4.90 Å². The number of hydrogen-bond acceptors (Lipinski definition) is 7. The highest BCUT2D eigenvalue weighted by Crippen LogP contribution is 2.19. The summed E-state index contributed by atoms with van der Waals surface area (Å²) in [6, 6.07) is -4.88. The fraction of sp³-hybridized carbons (Fsp3) is 0.667. The Balaban J connectivity index is 2.78. The SMILES string of the molecule is CC(NC(=O)C1CCCN1C(=O)C(CO)NC(=O)C(N)CC(=O)O)C(=O)O. The van der Waals surface area contributed by atoms with E-state index in [1.165, 1.54) is 6.92 Å². The molecular formula is C15H24N4O8. The van der Waals surface area contributed by atoms with Crippen LogP contribution in [0.1, 0.15) is 26.2 Å². The Labute approximate surface area is 154 Å². The lowest BCUT2D eigenvalue weighted by atomic mass is 10.1. The summed E-state index contributed by atoms with van der Waals surface area (Å²) in [6.07, 6.45) is 0.129. The van der Waals surface area contributed by atoms with Crippen molar-refractivity contribution in [2.45, 2.75) is 50.4 Å². The first-order chi connectivity index (χ1) is 12.6. The van der Waals surface area contributed by atoms with Crippen molar-refractivity contribution in [2.75, 3.05) is 13.2 Å². The van der Waals surface area contributed by atoms with Gasteiger partial charge in [-0.3, -0.25) is 24.0 Å². The first kappa shape index (κ1) is 22.3. The maximum atomic E-state index is 12.6. The number of carbonyl (C=O) groups excluding carboxylic acids is 3. The molecule has 4 atom stereocenters.